The number of anilines is 1. The van der Waals surface area contributed by atoms with Crippen molar-refractivity contribution in [1.82, 2.24) is 0 Å². The van der Waals surface area contributed by atoms with E-state index in [1.807, 2.05) is 18.2 Å². The average molecular weight is 406 g/mol. The van der Waals surface area contributed by atoms with Crippen LogP contribution >= 0.6 is 23.2 Å². The molecular weight excluding hydrogens is 393 g/mol. The molecule has 0 atom stereocenters. The highest BCUT2D eigenvalue weighted by Crippen LogP contribution is 2.37. The van der Waals surface area contributed by atoms with Crippen molar-refractivity contribution >= 4 is 38.9 Å². The van der Waals surface area contributed by atoms with Crippen LogP contribution in [0.5, 0.6) is 11.5 Å². The molecule has 0 spiro atoms. The summed E-state index contributed by atoms with van der Waals surface area (Å²) in [4.78, 5) is 0.294. The van der Waals surface area contributed by atoms with Gasteiger partial charge in [0, 0.05) is 6.07 Å². The lowest BCUT2D eigenvalue weighted by Gasteiger charge is -2.16. The van der Waals surface area contributed by atoms with Crippen molar-refractivity contribution in [1.29, 1.82) is 0 Å². The Hall–Kier alpha value is -2.21. The Kier molecular flexibility index (Phi) is 4.31. The van der Waals surface area contributed by atoms with Crippen molar-refractivity contribution in [2.24, 2.45) is 0 Å². The molecule has 132 valence electrons. The van der Waals surface area contributed by atoms with Gasteiger partial charge in [0.1, 0.15) is 11.5 Å². The number of sulfonamides is 1. The quantitative estimate of drug-likeness (QED) is 0.578. The Balaban J connectivity index is 1.66. The van der Waals surface area contributed by atoms with Crippen molar-refractivity contribution in [3.63, 3.8) is 0 Å². The molecule has 1 aliphatic heterocycles. The first-order valence-corrected chi connectivity index (χ1v) is 9.98. The third kappa shape index (κ3) is 3.03. The highest BCUT2D eigenvalue weighted by molar-refractivity contribution is 7.93. The Morgan fingerprint density at radius 2 is 1.54 bits per heavy atom. The van der Waals surface area contributed by atoms with E-state index in [1.165, 1.54) is 4.31 Å². The van der Waals surface area contributed by atoms with Crippen molar-refractivity contribution in [2.45, 2.75) is 11.4 Å². The molecule has 0 saturated heterocycles. The molecule has 0 amide bonds. The van der Waals surface area contributed by atoms with Crippen molar-refractivity contribution in [2.75, 3.05) is 4.31 Å². The van der Waals surface area contributed by atoms with Crippen LogP contribution in [-0.4, -0.2) is 8.42 Å². The van der Waals surface area contributed by atoms with Crippen LogP contribution in [0.25, 0.3) is 0 Å². The first-order valence-electron chi connectivity index (χ1n) is 7.79. The zero-order chi connectivity index (χ0) is 18.3. The number of hydrogen-bond donors (Lipinski definition) is 0. The highest BCUT2D eigenvalue weighted by atomic mass is 35.5. The largest absolute Gasteiger partial charge is 0.457 e. The number of hydrogen-bond acceptors (Lipinski definition) is 3. The van der Waals surface area contributed by atoms with Crippen LogP contribution in [0.1, 0.15) is 5.56 Å². The van der Waals surface area contributed by atoms with Gasteiger partial charge in [-0.05, 0) is 48.0 Å². The third-order valence-corrected chi connectivity index (χ3v) is 6.70. The van der Waals surface area contributed by atoms with E-state index < -0.39 is 10.0 Å². The van der Waals surface area contributed by atoms with Crippen LogP contribution in [0, 0.1) is 0 Å². The molecule has 0 aliphatic carbocycles. The number of rotatable bonds is 3. The highest BCUT2D eigenvalue weighted by Gasteiger charge is 2.34. The lowest BCUT2D eigenvalue weighted by atomic mass is 10.2. The van der Waals surface area contributed by atoms with Crippen LogP contribution in [0.3, 0.4) is 0 Å². The number of para-hydroxylation sites is 1. The van der Waals surface area contributed by atoms with Crippen LogP contribution in [0.4, 0.5) is 5.69 Å². The van der Waals surface area contributed by atoms with Gasteiger partial charge >= 0.3 is 0 Å². The molecule has 1 aliphatic rings. The summed E-state index contributed by atoms with van der Waals surface area (Å²) in [6, 6.07) is 18.9. The van der Waals surface area contributed by atoms with Crippen molar-refractivity contribution in [3.05, 3.63) is 82.3 Å². The minimum absolute atomic E-state index is 0.264. The molecule has 0 saturated carbocycles. The van der Waals surface area contributed by atoms with Crippen molar-refractivity contribution < 1.29 is 13.2 Å². The van der Waals surface area contributed by atoms with Crippen LogP contribution in [0.2, 0.25) is 10.0 Å². The predicted octanol–water partition coefficient (Wildman–Crippen LogP) is 5.49. The van der Waals surface area contributed by atoms with Gasteiger partial charge < -0.3 is 4.74 Å². The summed E-state index contributed by atoms with van der Waals surface area (Å²) >= 11 is 11.9. The second-order valence-electron chi connectivity index (χ2n) is 5.79. The maximum atomic E-state index is 12.8. The van der Waals surface area contributed by atoms with Gasteiger partial charge in [0.05, 0.1) is 27.2 Å². The van der Waals surface area contributed by atoms with Crippen molar-refractivity contribution in [3.8, 4) is 11.5 Å². The van der Waals surface area contributed by atoms with E-state index in [9.17, 15) is 8.42 Å². The molecule has 0 N–H and O–H groups in total. The zero-order valence-corrected chi connectivity index (χ0v) is 15.7. The van der Waals surface area contributed by atoms with Gasteiger partial charge in [-0.1, -0.05) is 41.4 Å². The minimum Gasteiger partial charge on any atom is -0.457 e. The van der Waals surface area contributed by atoms with Gasteiger partial charge in [-0.25, -0.2) is 8.42 Å². The number of benzene rings is 3. The van der Waals surface area contributed by atoms with E-state index >= 15 is 0 Å². The molecule has 0 radical (unpaired) electrons. The average Bonchev–Trinajstić information content (AvgIpc) is 2.89. The summed E-state index contributed by atoms with van der Waals surface area (Å²) in [6.07, 6.45) is 0. The molecular formula is C19H13Cl2NO3S. The Morgan fingerprint density at radius 1 is 0.846 bits per heavy atom. The first kappa shape index (κ1) is 17.2. The second kappa shape index (κ2) is 6.50. The Labute approximate surface area is 161 Å². The van der Waals surface area contributed by atoms with E-state index in [-0.39, 0.29) is 6.54 Å². The fourth-order valence-electron chi connectivity index (χ4n) is 2.85. The van der Waals surface area contributed by atoms with Gasteiger partial charge in [0.25, 0.3) is 10.0 Å². The summed E-state index contributed by atoms with van der Waals surface area (Å²) in [5, 5.41) is 0.834. The van der Waals surface area contributed by atoms with E-state index in [4.69, 9.17) is 27.9 Å². The Morgan fingerprint density at radius 3 is 2.27 bits per heavy atom. The number of fused-ring (bicyclic) bond motifs is 1. The minimum atomic E-state index is -3.56. The number of halogens is 2. The molecule has 26 heavy (non-hydrogen) atoms. The number of nitrogens with zero attached hydrogens (tertiary/aromatic N) is 1. The van der Waals surface area contributed by atoms with Crippen LogP contribution in [-0.2, 0) is 16.6 Å². The molecule has 4 nitrogen and oxygen atoms in total. The van der Waals surface area contributed by atoms with E-state index in [1.54, 1.807) is 48.5 Å². The molecule has 0 bridgehead atoms. The molecule has 0 fully saturated rings. The van der Waals surface area contributed by atoms with Gasteiger partial charge in [-0.3, -0.25) is 4.31 Å². The van der Waals surface area contributed by atoms with E-state index in [2.05, 4.69) is 0 Å². The van der Waals surface area contributed by atoms with E-state index in [0.717, 1.165) is 0 Å². The zero-order valence-electron chi connectivity index (χ0n) is 13.4. The smallest absolute Gasteiger partial charge is 0.264 e. The van der Waals surface area contributed by atoms with Gasteiger partial charge in [-0.2, -0.15) is 0 Å². The van der Waals surface area contributed by atoms with Gasteiger partial charge in [0.15, 0.2) is 0 Å². The maximum Gasteiger partial charge on any atom is 0.264 e. The lowest BCUT2D eigenvalue weighted by Crippen LogP contribution is -2.23. The molecule has 3 aromatic carbocycles. The van der Waals surface area contributed by atoms with Crippen LogP contribution in [0.15, 0.2) is 71.6 Å². The molecule has 4 rings (SSSR count). The SMILES string of the molecule is O=S1(=O)c2ccc(Oc3ccc(Cl)c(Cl)c3)cc2CN1c1ccccc1. The molecule has 7 heteroatoms. The fourth-order valence-corrected chi connectivity index (χ4v) is 4.78. The van der Waals surface area contributed by atoms with Gasteiger partial charge in [-0.15, -0.1) is 0 Å². The summed E-state index contributed by atoms with van der Waals surface area (Å²) in [7, 11) is -3.56. The monoisotopic (exact) mass is 405 g/mol. The summed E-state index contributed by atoms with van der Waals surface area (Å²) in [6.45, 7) is 0.264. The molecule has 3 aromatic rings. The predicted molar refractivity (Wildman–Crippen MR) is 103 cm³/mol. The normalized spacial score (nSPS) is 14.9. The van der Waals surface area contributed by atoms with E-state index in [0.29, 0.717) is 37.7 Å². The standard InChI is InChI=1S/C19H13Cl2NO3S/c20-17-8-6-16(11-18(17)21)25-15-7-9-19-13(10-15)12-22(26(19,23)24)14-4-2-1-3-5-14/h1-11H,12H2. The first-order chi connectivity index (χ1) is 12.4. The van der Waals surface area contributed by atoms with Crippen LogP contribution < -0.4 is 9.04 Å². The fraction of sp³-hybridized carbons (Fsp3) is 0.0526. The summed E-state index contributed by atoms with van der Waals surface area (Å²) in [5.74, 6) is 1.06. The summed E-state index contributed by atoms with van der Waals surface area (Å²) in [5.41, 5.74) is 1.32. The Bertz CT molecular complexity index is 1090. The maximum absolute atomic E-state index is 12.8. The van der Waals surface area contributed by atoms with Gasteiger partial charge in [0.2, 0.25) is 0 Å². The molecule has 1 heterocycles. The lowest BCUT2D eigenvalue weighted by molar-refractivity contribution is 0.481. The third-order valence-electron chi connectivity index (χ3n) is 4.08. The second-order valence-corrected chi connectivity index (χ2v) is 8.44. The molecule has 0 aromatic heterocycles. The summed E-state index contributed by atoms with van der Waals surface area (Å²) < 4.78 is 32.8. The number of ether oxygens (including phenoxy) is 1. The topological polar surface area (TPSA) is 46.6 Å². The molecule has 0 unspecified atom stereocenters.